The van der Waals surface area contributed by atoms with Gasteiger partial charge in [0.25, 0.3) is 0 Å². The van der Waals surface area contributed by atoms with E-state index in [1.54, 1.807) is 0 Å². The average molecular weight is 141 g/mol. The van der Waals surface area contributed by atoms with E-state index in [-0.39, 0.29) is 5.82 Å². The van der Waals surface area contributed by atoms with Crippen LogP contribution in [0.1, 0.15) is 0 Å². The van der Waals surface area contributed by atoms with Crippen molar-refractivity contribution in [2.24, 2.45) is 4.36 Å². The number of hydrogen-bond donors (Lipinski definition) is 0. The number of benzene rings is 1. The molecule has 0 amide bonds. The highest BCUT2D eigenvalue weighted by Crippen LogP contribution is 2.10. The summed E-state index contributed by atoms with van der Waals surface area (Å²) >= 11 is 4.36. The molecule has 0 aliphatic carbocycles. The van der Waals surface area contributed by atoms with E-state index in [0.29, 0.717) is 5.69 Å². The fourth-order valence-electron chi connectivity index (χ4n) is 0.502. The van der Waals surface area contributed by atoms with Crippen LogP contribution in [0.5, 0.6) is 0 Å². The van der Waals surface area contributed by atoms with Gasteiger partial charge in [-0.3, -0.25) is 0 Å². The van der Waals surface area contributed by atoms with Gasteiger partial charge < -0.3 is 0 Å². The van der Waals surface area contributed by atoms with Gasteiger partial charge in [-0.2, -0.15) is 4.36 Å². The largest absolute Gasteiger partial charge is 0.207 e. The summed E-state index contributed by atoms with van der Waals surface area (Å²) in [5.74, 6) is -0.266. The zero-order chi connectivity index (χ0) is 6.69. The fraction of sp³-hybridized carbons (Fsp3) is 0. The van der Waals surface area contributed by atoms with Crippen LogP contribution in [0, 0.1) is 5.82 Å². The summed E-state index contributed by atoms with van der Waals surface area (Å²) in [6.07, 6.45) is 0. The molecule has 0 heterocycles. The van der Waals surface area contributed by atoms with Crippen molar-refractivity contribution in [2.75, 3.05) is 0 Å². The van der Waals surface area contributed by atoms with E-state index in [1.807, 2.05) is 0 Å². The van der Waals surface area contributed by atoms with Crippen LogP contribution in [0.2, 0.25) is 0 Å². The van der Waals surface area contributed by atoms with Crippen LogP contribution < -0.4 is 0 Å². The zero-order valence-corrected chi connectivity index (χ0v) is 5.36. The Balaban J connectivity index is 3.01. The topological polar surface area (TPSA) is 12.4 Å². The number of halogens is 1. The summed E-state index contributed by atoms with van der Waals surface area (Å²) in [5, 5.41) is 0. The molecule has 0 aromatic heterocycles. The predicted octanol–water partition coefficient (Wildman–Crippen LogP) is 2.19. The molecule has 1 aromatic rings. The van der Waals surface area contributed by atoms with Crippen molar-refractivity contribution in [2.45, 2.75) is 0 Å². The minimum absolute atomic E-state index is 0.266. The van der Waals surface area contributed by atoms with Crippen molar-refractivity contribution in [3.63, 3.8) is 0 Å². The molecule has 0 aliphatic heterocycles. The van der Waals surface area contributed by atoms with Crippen molar-refractivity contribution in [3.05, 3.63) is 30.1 Å². The van der Waals surface area contributed by atoms with Gasteiger partial charge in [-0.1, -0.05) is 0 Å². The third kappa shape index (κ3) is 1.54. The maximum Gasteiger partial charge on any atom is 0.123 e. The van der Waals surface area contributed by atoms with Crippen LogP contribution in [0.25, 0.3) is 0 Å². The summed E-state index contributed by atoms with van der Waals surface area (Å²) in [7, 11) is 0. The summed E-state index contributed by atoms with van der Waals surface area (Å²) in [4.78, 5) is 0. The maximum absolute atomic E-state index is 12.1. The fourth-order valence-corrected chi connectivity index (χ4v) is 0.624. The van der Waals surface area contributed by atoms with Crippen LogP contribution in [0.4, 0.5) is 10.1 Å². The Kier molecular flexibility index (Phi) is 1.85. The first-order chi connectivity index (χ1) is 4.33. The monoisotopic (exact) mass is 141 g/mol. The standard InChI is InChI=1S/C6H4FNS/c7-5-1-3-6(8-9)4-2-5/h1-4H. The number of hydrogen-bond acceptors (Lipinski definition) is 2. The smallest absolute Gasteiger partial charge is 0.123 e. The highest BCUT2D eigenvalue weighted by molar-refractivity contribution is 7.47. The third-order valence-corrected chi connectivity index (χ3v) is 1.14. The second-order valence-electron chi connectivity index (χ2n) is 1.57. The lowest BCUT2D eigenvalue weighted by atomic mass is 10.3. The molecule has 0 saturated carbocycles. The van der Waals surface area contributed by atoms with Gasteiger partial charge >= 0.3 is 0 Å². The molecular weight excluding hydrogens is 137 g/mol. The van der Waals surface area contributed by atoms with Crippen LogP contribution in [-0.2, 0) is 12.4 Å². The van der Waals surface area contributed by atoms with Crippen LogP contribution in [0.15, 0.2) is 28.6 Å². The maximum atomic E-state index is 12.1. The molecule has 0 bridgehead atoms. The summed E-state index contributed by atoms with van der Waals surface area (Å²) in [6, 6.07) is 5.71. The third-order valence-electron chi connectivity index (χ3n) is 0.932. The second-order valence-corrected chi connectivity index (χ2v) is 1.75. The van der Waals surface area contributed by atoms with Gasteiger partial charge in [0.05, 0.1) is 5.69 Å². The molecule has 9 heavy (non-hydrogen) atoms. The molecule has 0 radical (unpaired) electrons. The van der Waals surface area contributed by atoms with Crippen LogP contribution in [-0.4, -0.2) is 0 Å². The van der Waals surface area contributed by atoms with Gasteiger partial charge in [0.2, 0.25) is 0 Å². The Morgan fingerprint density at radius 1 is 1.22 bits per heavy atom. The SMILES string of the molecule is Fc1ccc(N=S)cc1. The van der Waals surface area contributed by atoms with Crippen molar-refractivity contribution in [3.8, 4) is 0 Å². The quantitative estimate of drug-likeness (QED) is 0.584. The van der Waals surface area contributed by atoms with Crippen molar-refractivity contribution >= 4 is 18.1 Å². The van der Waals surface area contributed by atoms with E-state index >= 15 is 0 Å². The minimum Gasteiger partial charge on any atom is -0.207 e. The van der Waals surface area contributed by atoms with Gasteiger partial charge in [-0.15, -0.1) is 0 Å². The molecule has 0 fully saturated rings. The number of nitrogens with zero attached hydrogens (tertiary/aromatic N) is 1. The molecule has 0 spiro atoms. The van der Waals surface area contributed by atoms with Crippen LogP contribution >= 0.6 is 0 Å². The van der Waals surface area contributed by atoms with Gasteiger partial charge in [0.1, 0.15) is 5.82 Å². The van der Waals surface area contributed by atoms with Gasteiger partial charge in [-0.05, 0) is 24.3 Å². The van der Waals surface area contributed by atoms with Crippen molar-refractivity contribution in [1.29, 1.82) is 0 Å². The van der Waals surface area contributed by atoms with Crippen molar-refractivity contribution < 1.29 is 4.39 Å². The minimum atomic E-state index is -0.266. The molecule has 0 atom stereocenters. The first-order valence-corrected chi connectivity index (χ1v) is 2.78. The zero-order valence-electron chi connectivity index (χ0n) is 4.54. The van der Waals surface area contributed by atoms with Gasteiger partial charge in [-0.25, -0.2) is 4.39 Å². The molecule has 0 N–H and O–H groups in total. The number of rotatable bonds is 1. The van der Waals surface area contributed by atoms with Crippen LogP contribution in [0.3, 0.4) is 0 Å². The van der Waals surface area contributed by atoms with E-state index in [2.05, 4.69) is 16.8 Å². The Morgan fingerprint density at radius 2 is 1.78 bits per heavy atom. The summed E-state index contributed by atoms with van der Waals surface area (Å²) in [5.41, 5.74) is 0.617. The lowest BCUT2D eigenvalue weighted by Gasteiger charge is -1.86. The van der Waals surface area contributed by atoms with E-state index in [0.717, 1.165) is 0 Å². The Labute approximate surface area is 57.7 Å². The predicted molar refractivity (Wildman–Crippen MR) is 35.9 cm³/mol. The molecule has 0 unspecified atom stereocenters. The molecule has 3 heteroatoms. The summed E-state index contributed by atoms with van der Waals surface area (Å²) in [6.45, 7) is 0. The Morgan fingerprint density at radius 3 is 2.22 bits per heavy atom. The average Bonchev–Trinajstić information content (AvgIpc) is 1.90. The van der Waals surface area contributed by atoms with Crippen molar-refractivity contribution in [1.82, 2.24) is 0 Å². The van der Waals surface area contributed by atoms with E-state index in [4.69, 9.17) is 0 Å². The molecule has 46 valence electrons. The normalized spacial score (nSPS) is 9.00. The van der Waals surface area contributed by atoms with Gasteiger partial charge in [0.15, 0.2) is 0 Å². The highest BCUT2D eigenvalue weighted by Gasteiger charge is 1.87. The highest BCUT2D eigenvalue weighted by atomic mass is 32.1. The lowest BCUT2D eigenvalue weighted by Crippen LogP contribution is -1.67. The van der Waals surface area contributed by atoms with E-state index in [1.165, 1.54) is 24.3 Å². The molecule has 0 saturated heterocycles. The first kappa shape index (κ1) is 6.29. The van der Waals surface area contributed by atoms with E-state index < -0.39 is 0 Å². The lowest BCUT2D eigenvalue weighted by molar-refractivity contribution is 0.628. The first-order valence-electron chi connectivity index (χ1n) is 2.42. The Hall–Kier alpha value is -0.830. The van der Waals surface area contributed by atoms with Gasteiger partial charge in [0, 0.05) is 12.4 Å². The van der Waals surface area contributed by atoms with E-state index in [9.17, 15) is 4.39 Å². The molecule has 1 aromatic carbocycles. The molecule has 1 nitrogen and oxygen atoms in total. The summed E-state index contributed by atoms with van der Waals surface area (Å²) < 4.78 is 15.6. The Bertz CT molecular complexity index is 207. The second kappa shape index (κ2) is 2.64. The molecular formula is C6H4FNS. The molecule has 0 aliphatic rings. The molecule has 1 rings (SSSR count).